The molecule has 0 fully saturated rings. The van der Waals surface area contributed by atoms with Gasteiger partial charge in [0.05, 0.1) is 0 Å². The third-order valence-electron chi connectivity index (χ3n) is 2.47. The number of hydrogen-bond donors (Lipinski definition) is 1. The van der Waals surface area contributed by atoms with Gasteiger partial charge in [-0.05, 0) is 40.5 Å². The van der Waals surface area contributed by atoms with E-state index in [4.69, 9.17) is 4.74 Å². The molecule has 0 saturated heterocycles. The molecule has 1 N–H and O–H groups in total. The molecule has 96 valence electrons. The fourth-order valence-electron chi connectivity index (χ4n) is 1.73. The van der Waals surface area contributed by atoms with E-state index in [0.717, 1.165) is 12.8 Å². The Kier molecular flexibility index (Phi) is 4.79. The van der Waals surface area contributed by atoms with E-state index < -0.39 is 5.60 Å². The number of rotatable bonds is 2. The van der Waals surface area contributed by atoms with Crippen LogP contribution in [-0.2, 0) is 4.74 Å². The van der Waals surface area contributed by atoms with Crippen molar-refractivity contribution >= 4 is 6.09 Å². The van der Waals surface area contributed by atoms with E-state index in [0.29, 0.717) is 6.54 Å². The number of nitrogens with one attached hydrogen (secondary N) is 1. The molecule has 0 spiro atoms. The van der Waals surface area contributed by atoms with Gasteiger partial charge in [-0.15, -0.1) is 0 Å². The van der Waals surface area contributed by atoms with Gasteiger partial charge in [0.1, 0.15) is 5.60 Å². The number of hydrogen-bond acceptors (Lipinski definition) is 2. The van der Waals surface area contributed by atoms with E-state index in [1.54, 1.807) is 0 Å². The van der Waals surface area contributed by atoms with Crippen molar-refractivity contribution in [3.63, 3.8) is 0 Å². The van der Waals surface area contributed by atoms with Crippen LogP contribution in [-0.4, -0.2) is 18.2 Å². The third-order valence-corrected chi connectivity index (χ3v) is 2.47. The number of carbonyl (C=O) groups is 1. The maximum Gasteiger partial charge on any atom is 0.407 e. The second-order valence-electron chi connectivity index (χ2n) is 5.53. The Bertz CT molecular complexity index is 324. The smallest absolute Gasteiger partial charge is 0.407 e. The highest BCUT2D eigenvalue weighted by Crippen LogP contribution is 2.15. The van der Waals surface area contributed by atoms with Crippen molar-refractivity contribution in [2.45, 2.75) is 46.1 Å². The van der Waals surface area contributed by atoms with Gasteiger partial charge in [-0.25, -0.2) is 4.79 Å². The molecule has 0 aromatic carbocycles. The molecule has 3 nitrogen and oxygen atoms in total. The molecular weight excluding hydrogens is 214 g/mol. The highest BCUT2D eigenvalue weighted by atomic mass is 16.6. The number of alkyl carbamates (subject to hydrolysis) is 1. The summed E-state index contributed by atoms with van der Waals surface area (Å²) in [5.74, 6) is 0.282. The van der Waals surface area contributed by atoms with E-state index >= 15 is 0 Å². The second kappa shape index (κ2) is 5.89. The Morgan fingerprint density at radius 1 is 1.53 bits per heavy atom. The third kappa shape index (κ3) is 6.15. The summed E-state index contributed by atoms with van der Waals surface area (Å²) in [6.07, 6.45) is 8.38. The summed E-state index contributed by atoms with van der Waals surface area (Å²) in [6.45, 7) is 8.32. The van der Waals surface area contributed by atoms with Gasteiger partial charge in [0, 0.05) is 12.5 Å². The monoisotopic (exact) mass is 237 g/mol. The first-order chi connectivity index (χ1) is 7.87. The summed E-state index contributed by atoms with van der Waals surface area (Å²) in [6, 6.07) is 0. The van der Waals surface area contributed by atoms with Crippen LogP contribution in [0.15, 0.2) is 23.8 Å². The van der Waals surface area contributed by atoms with Gasteiger partial charge in [-0.1, -0.05) is 23.8 Å². The minimum absolute atomic E-state index is 0.282. The lowest BCUT2D eigenvalue weighted by atomic mass is 10.1. The molecule has 1 amide bonds. The normalized spacial score (nSPS) is 20.5. The first kappa shape index (κ1) is 13.8. The van der Waals surface area contributed by atoms with Crippen molar-refractivity contribution in [2.75, 3.05) is 6.54 Å². The number of amides is 1. The van der Waals surface area contributed by atoms with Gasteiger partial charge in [0.15, 0.2) is 0 Å². The van der Waals surface area contributed by atoms with Crippen LogP contribution in [0.5, 0.6) is 0 Å². The molecule has 17 heavy (non-hydrogen) atoms. The quantitative estimate of drug-likeness (QED) is 0.747. The standard InChI is InChI=1S/C14H23NO2/c1-11-7-5-6-8-12(9-11)10-15-13(16)17-14(2,3)4/h6,8-9,12H,5,7,10H2,1-4H3,(H,15,16). The lowest BCUT2D eigenvalue weighted by Gasteiger charge is -2.20. The summed E-state index contributed by atoms with van der Waals surface area (Å²) >= 11 is 0. The topological polar surface area (TPSA) is 38.3 Å². The van der Waals surface area contributed by atoms with Gasteiger partial charge >= 0.3 is 6.09 Å². The first-order valence-corrected chi connectivity index (χ1v) is 6.17. The minimum atomic E-state index is -0.435. The van der Waals surface area contributed by atoms with Crippen LogP contribution in [0.2, 0.25) is 0 Å². The van der Waals surface area contributed by atoms with Crippen LogP contribution in [0.1, 0.15) is 40.5 Å². The number of allylic oxidation sites excluding steroid dienone is 2. The van der Waals surface area contributed by atoms with Crippen LogP contribution >= 0.6 is 0 Å². The average Bonchev–Trinajstić information content (AvgIpc) is 2.37. The van der Waals surface area contributed by atoms with Crippen LogP contribution in [0.3, 0.4) is 0 Å². The SMILES string of the molecule is CC1=CC(CNC(=O)OC(C)(C)C)C=CCC1. The van der Waals surface area contributed by atoms with E-state index in [9.17, 15) is 4.79 Å². The van der Waals surface area contributed by atoms with Gasteiger partial charge < -0.3 is 10.1 Å². The van der Waals surface area contributed by atoms with Crippen LogP contribution in [0.25, 0.3) is 0 Å². The average molecular weight is 237 g/mol. The Balaban J connectivity index is 2.39. The highest BCUT2D eigenvalue weighted by molar-refractivity contribution is 5.67. The predicted molar refractivity (Wildman–Crippen MR) is 69.9 cm³/mol. The molecule has 1 aliphatic carbocycles. The van der Waals surface area contributed by atoms with Crippen molar-refractivity contribution in [3.05, 3.63) is 23.8 Å². The molecule has 0 heterocycles. The van der Waals surface area contributed by atoms with Gasteiger partial charge in [-0.3, -0.25) is 0 Å². The van der Waals surface area contributed by atoms with E-state index in [-0.39, 0.29) is 12.0 Å². The number of ether oxygens (including phenoxy) is 1. The summed E-state index contributed by atoms with van der Waals surface area (Å²) in [4.78, 5) is 11.5. The molecule has 3 heteroatoms. The molecule has 0 bridgehead atoms. The van der Waals surface area contributed by atoms with Crippen LogP contribution < -0.4 is 5.32 Å². The second-order valence-corrected chi connectivity index (χ2v) is 5.53. The molecule has 0 aromatic rings. The Labute approximate surface area is 104 Å². The zero-order chi connectivity index (χ0) is 12.9. The minimum Gasteiger partial charge on any atom is -0.444 e. The fraction of sp³-hybridized carbons (Fsp3) is 0.643. The van der Waals surface area contributed by atoms with Crippen molar-refractivity contribution in [3.8, 4) is 0 Å². The summed E-state index contributed by atoms with van der Waals surface area (Å²) in [5.41, 5.74) is 0.945. The van der Waals surface area contributed by atoms with Crippen molar-refractivity contribution in [1.29, 1.82) is 0 Å². The zero-order valence-electron chi connectivity index (χ0n) is 11.2. The molecule has 0 radical (unpaired) electrons. The fourth-order valence-corrected chi connectivity index (χ4v) is 1.73. The molecular formula is C14H23NO2. The Hall–Kier alpha value is -1.25. The highest BCUT2D eigenvalue weighted by Gasteiger charge is 2.16. The van der Waals surface area contributed by atoms with Crippen LogP contribution in [0, 0.1) is 5.92 Å². The predicted octanol–water partition coefficient (Wildman–Crippen LogP) is 3.42. The molecule has 1 rings (SSSR count). The van der Waals surface area contributed by atoms with E-state index in [1.165, 1.54) is 5.57 Å². The summed E-state index contributed by atoms with van der Waals surface area (Å²) in [5, 5.41) is 2.80. The lowest BCUT2D eigenvalue weighted by Crippen LogP contribution is -2.34. The first-order valence-electron chi connectivity index (χ1n) is 6.17. The zero-order valence-corrected chi connectivity index (χ0v) is 11.2. The van der Waals surface area contributed by atoms with Gasteiger partial charge in [0.2, 0.25) is 0 Å². The Morgan fingerprint density at radius 3 is 2.88 bits per heavy atom. The molecule has 1 unspecified atom stereocenters. The molecule has 1 atom stereocenters. The van der Waals surface area contributed by atoms with E-state index in [2.05, 4.69) is 30.5 Å². The molecule has 0 saturated carbocycles. The molecule has 0 aliphatic heterocycles. The summed E-state index contributed by atoms with van der Waals surface area (Å²) in [7, 11) is 0. The lowest BCUT2D eigenvalue weighted by molar-refractivity contribution is 0.0525. The van der Waals surface area contributed by atoms with Gasteiger partial charge in [0.25, 0.3) is 0 Å². The maximum absolute atomic E-state index is 11.5. The summed E-state index contributed by atoms with van der Waals surface area (Å²) < 4.78 is 5.19. The maximum atomic E-state index is 11.5. The molecule has 1 aliphatic rings. The number of carbonyl (C=O) groups excluding carboxylic acids is 1. The van der Waals surface area contributed by atoms with Crippen LogP contribution in [0.4, 0.5) is 4.79 Å². The van der Waals surface area contributed by atoms with Crippen molar-refractivity contribution < 1.29 is 9.53 Å². The van der Waals surface area contributed by atoms with Gasteiger partial charge in [-0.2, -0.15) is 0 Å². The van der Waals surface area contributed by atoms with Crippen molar-refractivity contribution in [1.82, 2.24) is 5.32 Å². The Morgan fingerprint density at radius 2 is 2.24 bits per heavy atom. The largest absolute Gasteiger partial charge is 0.444 e. The molecule has 0 aromatic heterocycles. The van der Waals surface area contributed by atoms with Crippen molar-refractivity contribution in [2.24, 2.45) is 5.92 Å². The van der Waals surface area contributed by atoms with E-state index in [1.807, 2.05) is 20.8 Å².